The number of fused-ring (bicyclic) bond motifs is 5. The van der Waals surface area contributed by atoms with Crippen LogP contribution in [0.15, 0.2) is 149 Å². The Kier molecular flexibility index (Phi) is 6.01. The molecular formula is C45H32N2S. The molecule has 48 heavy (non-hydrogen) atoms. The predicted molar refractivity (Wildman–Crippen MR) is 201 cm³/mol. The second kappa shape index (κ2) is 10.4. The molecule has 2 nitrogen and oxygen atoms in total. The summed E-state index contributed by atoms with van der Waals surface area (Å²) < 4.78 is 0. The standard InChI is InChI=1S/C45H32N2S/c1-45(2)37-13-5-3-11-34(37)35-22-21-32(26-38(35)45)31-20-19-29-23-28(17-18-30(29)24-31)27-9-7-10-33(25-27)44-46-39-14-8-16-41-42(39)43(47-44)36-12-4-6-15-40(36)48-41/h3-4,6-12,14-26H,5,13H2,1-2H3. The van der Waals surface area contributed by atoms with E-state index in [2.05, 4.69) is 147 Å². The maximum atomic E-state index is 5.19. The largest absolute Gasteiger partial charge is 0.228 e. The van der Waals surface area contributed by atoms with Gasteiger partial charge >= 0.3 is 0 Å². The van der Waals surface area contributed by atoms with Crippen LogP contribution in [0, 0.1) is 0 Å². The average Bonchev–Trinajstić information content (AvgIpc) is 3.37. The molecule has 1 aliphatic heterocycles. The first-order chi connectivity index (χ1) is 23.5. The van der Waals surface area contributed by atoms with E-state index in [0.717, 1.165) is 46.4 Å². The highest BCUT2D eigenvalue weighted by atomic mass is 32.2. The van der Waals surface area contributed by atoms with Gasteiger partial charge in [0, 0.05) is 31.7 Å². The van der Waals surface area contributed by atoms with Gasteiger partial charge in [0.05, 0.1) is 11.2 Å². The number of benzene rings is 6. The van der Waals surface area contributed by atoms with Crippen LogP contribution in [0.1, 0.15) is 37.8 Å². The van der Waals surface area contributed by atoms with Crippen molar-refractivity contribution < 1.29 is 0 Å². The maximum absolute atomic E-state index is 5.19. The third-order valence-electron chi connectivity index (χ3n) is 10.6. The lowest BCUT2D eigenvalue weighted by atomic mass is 9.78. The molecule has 3 aliphatic rings. The van der Waals surface area contributed by atoms with Crippen molar-refractivity contribution in [2.45, 2.75) is 41.9 Å². The van der Waals surface area contributed by atoms with Gasteiger partial charge in [0.15, 0.2) is 5.82 Å². The van der Waals surface area contributed by atoms with Crippen LogP contribution in [0.4, 0.5) is 0 Å². The molecule has 6 aromatic carbocycles. The number of hydrogen-bond donors (Lipinski definition) is 0. The van der Waals surface area contributed by atoms with Crippen molar-refractivity contribution in [2.24, 2.45) is 0 Å². The van der Waals surface area contributed by atoms with Crippen LogP contribution in [0.2, 0.25) is 0 Å². The maximum Gasteiger partial charge on any atom is 0.160 e. The summed E-state index contributed by atoms with van der Waals surface area (Å²) in [6.07, 6.45) is 6.98. The van der Waals surface area contributed by atoms with Gasteiger partial charge in [-0.05, 0) is 105 Å². The summed E-state index contributed by atoms with van der Waals surface area (Å²) in [6, 6.07) is 44.4. The highest BCUT2D eigenvalue weighted by Crippen LogP contribution is 2.51. The molecule has 0 saturated carbocycles. The summed E-state index contributed by atoms with van der Waals surface area (Å²) in [5, 5.41) is 3.63. The van der Waals surface area contributed by atoms with E-state index in [0.29, 0.717) is 0 Å². The Morgan fingerprint density at radius 1 is 0.604 bits per heavy atom. The Hall–Kier alpha value is -5.25. The van der Waals surface area contributed by atoms with Gasteiger partial charge in [0.1, 0.15) is 0 Å². The molecule has 10 rings (SSSR count). The van der Waals surface area contributed by atoms with Crippen LogP contribution < -0.4 is 0 Å². The highest BCUT2D eigenvalue weighted by molar-refractivity contribution is 7.99. The lowest BCUT2D eigenvalue weighted by Crippen LogP contribution is -2.17. The molecule has 0 N–H and O–H groups in total. The molecule has 0 atom stereocenters. The molecule has 0 bridgehead atoms. The Bertz CT molecular complexity index is 2570. The first-order valence-electron chi connectivity index (χ1n) is 16.8. The summed E-state index contributed by atoms with van der Waals surface area (Å²) in [5.41, 5.74) is 15.1. The summed E-state index contributed by atoms with van der Waals surface area (Å²) in [5.74, 6) is 0.758. The smallest absolute Gasteiger partial charge is 0.160 e. The number of nitrogens with zero attached hydrogens (tertiary/aromatic N) is 2. The van der Waals surface area contributed by atoms with E-state index in [4.69, 9.17) is 9.97 Å². The first-order valence-corrected chi connectivity index (χ1v) is 17.6. The molecule has 2 heterocycles. The van der Waals surface area contributed by atoms with Crippen LogP contribution in [0.5, 0.6) is 0 Å². The van der Waals surface area contributed by atoms with Gasteiger partial charge in [-0.1, -0.05) is 122 Å². The van der Waals surface area contributed by atoms with Crippen molar-refractivity contribution in [1.82, 2.24) is 9.97 Å². The van der Waals surface area contributed by atoms with Crippen molar-refractivity contribution in [2.75, 3.05) is 0 Å². The van der Waals surface area contributed by atoms with E-state index >= 15 is 0 Å². The fraction of sp³-hybridized carbons (Fsp3) is 0.111. The number of allylic oxidation sites excluding steroid dienone is 4. The van der Waals surface area contributed by atoms with E-state index in [1.54, 1.807) is 17.3 Å². The van der Waals surface area contributed by atoms with Gasteiger partial charge in [-0.15, -0.1) is 0 Å². The van der Waals surface area contributed by atoms with Crippen LogP contribution in [-0.4, -0.2) is 9.97 Å². The fourth-order valence-electron chi connectivity index (χ4n) is 8.08. The molecule has 0 radical (unpaired) electrons. The SMILES string of the molecule is CC1(C)C2=C(C=CCC2)c2ccc(-c3ccc4cc(-c5cccc(-c6nc7c8c(cccc8n6)Sc6ccccc6-7)c5)ccc4c3)cc21. The van der Waals surface area contributed by atoms with Gasteiger partial charge in [0.2, 0.25) is 0 Å². The molecule has 1 aromatic heterocycles. The van der Waals surface area contributed by atoms with Gasteiger partial charge in [-0.2, -0.15) is 0 Å². The van der Waals surface area contributed by atoms with E-state index in [9.17, 15) is 0 Å². The van der Waals surface area contributed by atoms with Crippen LogP contribution in [0.25, 0.3) is 72.1 Å². The van der Waals surface area contributed by atoms with Crippen molar-refractivity contribution in [3.8, 4) is 44.9 Å². The van der Waals surface area contributed by atoms with Crippen molar-refractivity contribution >= 4 is 39.0 Å². The minimum atomic E-state index is 0.0766. The zero-order valence-corrected chi connectivity index (χ0v) is 27.7. The highest BCUT2D eigenvalue weighted by Gasteiger charge is 2.37. The Labute approximate surface area is 284 Å². The fourth-order valence-corrected chi connectivity index (χ4v) is 9.19. The van der Waals surface area contributed by atoms with Crippen LogP contribution >= 0.6 is 11.8 Å². The Morgan fingerprint density at radius 3 is 2.17 bits per heavy atom. The molecular weight excluding hydrogens is 601 g/mol. The molecule has 228 valence electrons. The van der Waals surface area contributed by atoms with Gasteiger partial charge < -0.3 is 0 Å². The molecule has 7 aromatic rings. The third kappa shape index (κ3) is 4.20. The molecule has 0 saturated heterocycles. The molecule has 2 aliphatic carbocycles. The lowest BCUT2D eigenvalue weighted by molar-refractivity contribution is 0.607. The van der Waals surface area contributed by atoms with Crippen molar-refractivity contribution in [3.63, 3.8) is 0 Å². The number of rotatable bonds is 3. The molecule has 0 fully saturated rings. The molecule has 3 heteroatoms. The third-order valence-corrected chi connectivity index (χ3v) is 11.7. The normalized spacial score (nSPS) is 15.5. The second-order valence-electron chi connectivity index (χ2n) is 13.7. The molecule has 0 unspecified atom stereocenters. The van der Waals surface area contributed by atoms with Crippen molar-refractivity contribution in [1.29, 1.82) is 0 Å². The topological polar surface area (TPSA) is 25.8 Å². The quantitative estimate of drug-likeness (QED) is 0.194. The molecule has 0 amide bonds. The number of hydrogen-bond acceptors (Lipinski definition) is 3. The zero-order chi connectivity index (χ0) is 32.0. The summed E-state index contributed by atoms with van der Waals surface area (Å²) in [4.78, 5) is 12.7. The second-order valence-corrected chi connectivity index (χ2v) is 14.8. The first kappa shape index (κ1) is 27.8. The summed E-state index contributed by atoms with van der Waals surface area (Å²) in [6.45, 7) is 4.79. The molecule has 0 spiro atoms. The summed E-state index contributed by atoms with van der Waals surface area (Å²) >= 11 is 1.80. The monoisotopic (exact) mass is 632 g/mol. The van der Waals surface area contributed by atoms with Gasteiger partial charge in [-0.3, -0.25) is 0 Å². The zero-order valence-electron chi connectivity index (χ0n) is 26.9. The summed E-state index contributed by atoms with van der Waals surface area (Å²) in [7, 11) is 0. The lowest BCUT2D eigenvalue weighted by Gasteiger charge is -2.26. The Morgan fingerprint density at radius 2 is 1.31 bits per heavy atom. The minimum absolute atomic E-state index is 0.0766. The average molecular weight is 633 g/mol. The Balaban J connectivity index is 1.00. The van der Waals surface area contributed by atoms with E-state index < -0.39 is 0 Å². The number of aromatic nitrogens is 2. The van der Waals surface area contributed by atoms with E-state index in [1.807, 2.05) is 0 Å². The predicted octanol–water partition coefficient (Wildman–Crippen LogP) is 12.3. The minimum Gasteiger partial charge on any atom is -0.228 e. The van der Waals surface area contributed by atoms with Gasteiger partial charge in [0.25, 0.3) is 0 Å². The van der Waals surface area contributed by atoms with E-state index in [1.165, 1.54) is 59.5 Å². The van der Waals surface area contributed by atoms with E-state index in [-0.39, 0.29) is 5.41 Å². The van der Waals surface area contributed by atoms with Crippen LogP contribution in [-0.2, 0) is 5.41 Å². The van der Waals surface area contributed by atoms with Gasteiger partial charge in [-0.25, -0.2) is 9.97 Å². The van der Waals surface area contributed by atoms with Crippen LogP contribution in [0.3, 0.4) is 0 Å². The van der Waals surface area contributed by atoms with Crippen molar-refractivity contribution in [3.05, 3.63) is 150 Å².